The SMILES string of the molecule is CC(C)CCNC(=O)c1cccc(Cl)c1Cl. The fourth-order valence-electron chi connectivity index (χ4n) is 1.25. The first-order valence-electron chi connectivity index (χ1n) is 5.24. The van der Waals surface area contributed by atoms with E-state index in [1.54, 1.807) is 18.2 Å². The van der Waals surface area contributed by atoms with Crippen LogP contribution in [0, 0.1) is 5.92 Å². The van der Waals surface area contributed by atoms with Gasteiger partial charge in [0.15, 0.2) is 0 Å². The predicted molar refractivity (Wildman–Crippen MR) is 68.3 cm³/mol. The Morgan fingerprint density at radius 1 is 1.38 bits per heavy atom. The summed E-state index contributed by atoms with van der Waals surface area (Å²) in [7, 11) is 0. The molecule has 0 fully saturated rings. The van der Waals surface area contributed by atoms with Crippen molar-refractivity contribution in [1.82, 2.24) is 5.32 Å². The Labute approximate surface area is 106 Å². The van der Waals surface area contributed by atoms with Crippen LogP contribution in [0.4, 0.5) is 0 Å². The van der Waals surface area contributed by atoms with Crippen molar-refractivity contribution >= 4 is 29.1 Å². The van der Waals surface area contributed by atoms with Crippen LogP contribution >= 0.6 is 23.2 Å². The molecule has 88 valence electrons. The van der Waals surface area contributed by atoms with Gasteiger partial charge in [-0.05, 0) is 24.5 Å². The number of amides is 1. The van der Waals surface area contributed by atoms with E-state index < -0.39 is 0 Å². The van der Waals surface area contributed by atoms with E-state index in [2.05, 4.69) is 19.2 Å². The first kappa shape index (κ1) is 13.3. The molecule has 16 heavy (non-hydrogen) atoms. The van der Waals surface area contributed by atoms with E-state index in [9.17, 15) is 4.79 Å². The highest BCUT2D eigenvalue weighted by molar-refractivity contribution is 6.43. The van der Waals surface area contributed by atoms with Crippen LogP contribution in [0.5, 0.6) is 0 Å². The third kappa shape index (κ3) is 3.69. The minimum Gasteiger partial charge on any atom is -0.352 e. The Morgan fingerprint density at radius 2 is 2.06 bits per heavy atom. The van der Waals surface area contributed by atoms with E-state index in [1.807, 2.05) is 0 Å². The maximum atomic E-state index is 11.7. The van der Waals surface area contributed by atoms with Gasteiger partial charge in [0.2, 0.25) is 0 Å². The van der Waals surface area contributed by atoms with Gasteiger partial charge < -0.3 is 5.32 Å². The molecule has 1 aromatic carbocycles. The fourth-order valence-corrected chi connectivity index (χ4v) is 1.64. The van der Waals surface area contributed by atoms with Gasteiger partial charge in [0, 0.05) is 6.54 Å². The molecule has 0 bridgehead atoms. The summed E-state index contributed by atoms with van der Waals surface area (Å²) in [5.41, 5.74) is 0.429. The number of nitrogens with one attached hydrogen (secondary N) is 1. The number of rotatable bonds is 4. The minimum absolute atomic E-state index is 0.173. The maximum absolute atomic E-state index is 11.7. The van der Waals surface area contributed by atoms with Crippen molar-refractivity contribution in [3.8, 4) is 0 Å². The lowest BCUT2D eigenvalue weighted by Crippen LogP contribution is -2.25. The maximum Gasteiger partial charge on any atom is 0.252 e. The Kier molecular flexibility index (Phi) is 5.10. The fraction of sp³-hybridized carbons (Fsp3) is 0.417. The lowest BCUT2D eigenvalue weighted by Gasteiger charge is -2.08. The molecule has 0 saturated carbocycles. The summed E-state index contributed by atoms with van der Waals surface area (Å²) in [5.74, 6) is 0.392. The number of hydrogen-bond acceptors (Lipinski definition) is 1. The molecule has 0 saturated heterocycles. The Bertz CT molecular complexity index is 377. The van der Waals surface area contributed by atoms with Crippen molar-refractivity contribution in [2.24, 2.45) is 5.92 Å². The van der Waals surface area contributed by atoms with E-state index in [-0.39, 0.29) is 5.91 Å². The van der Waals surface area contributed by atoms with Gasteiger partial charge in [-0.1, -0.05) is 43.1 Å². The zero-order valence-electron chi connectivity index (χ0n) is 9.39. The van der Waals surface area contributed by atoms with E-state index in [0.29, 0.717) is 28.1 Å². The lowest BCUT2D eigenvalue weighted by atomic mass is 10.1. The molecular weight excluding hydrogens is 245 g/mol. The molecule has 4 heteroatoms. The van der Waals surface area contributed by atoms with Crippen LogP contribution in [-0.4, -0.2) is 12.5 Å². The summed E-state index contributed by atoms with van der Waals surface area (Å²) in [6.07, 6.45) is 0.948. The van der Waals surface area contributed by atoms with Crippen molar-refractivity contribution in [3.63, 3.8) is 0 Å². The van der Waals surface area contributed by atoms with E-state index >= 15 is 0 Å². The molecule has 0 heterocycles. The third-order valence-electron chi connectivity index (χ3n) is 2.20. The van der Waals surface area contributed by atoms with Crippen LogP contribution in [-0.2, 0) is 0 Å². The normalized spacial score (nSPS) is 10.6. The van der Waals surface area contributed by atoms with Gasteiger partial charge in [-0.25, -0.2) is 0 Å². The molecule has 0 aromatic heterocycles. The first-order valence-corrected chi connectivity index (χ1v) is 6.00. The molecule has 2 nitrogen and oxygen atoms in total. The average Bonchev–Trinajstić information content (AvgIpc) is 2.21. The molecule has 0 radical (unpaired) electrons. The molecule has 0 aliphatic heterocycles. The molecule has 0 aliphatic carbocycles. The van der Waals surface area contributed by atoms with Crippen LogP contribution in [0.1, 0.15) is 30.6 Å². The van der Waals surface area contributed by atoms with Crippen LogP contribution < -0.4 is 5.32 Å². The number of benzene rings is 1. The van der Waals surface area contributed by atoms with Crippen LogP contribution in [0.2, 0.25) is 10.0 Å². The number of carbonyl (C=O) groups is 1. The average molecular weight is 260 g/mol. The number of carbonyl (C=O) groups excluding carboxylic acids is 1. The molecule has 0 atom stereocenters. The summed E-state index contributed by atoms with van der Waals surface area (Å²) in [5, 5.41) is 3.53. The van der Waals surface area contributed by atoms with E-state index in [1.165, 1.54) is 0 Å². The van der Waals surface area contributed by atoms with Crippen LogP contribution in [0.25, 0.3) is 0 Å². The van der Waals surface area contributed by atoms with Gasteiger partial charge >= 0.3 is 0 Å². The number of hydrogen-bond donors (Lipinski definition) is 1. The first-order chi connectivity index (χ1) is 7.52. The van der Waals surface area contributed by atoms with Crippen molar-refractivity contribution in [1.29, 1.82) is 0 Å². The largest absolute Gasteiger partial charge is 0.352 e. The van der Waals surface area contributed by atoms with Crippen LogP contribution in [0.3, 0.4) is 0 Å². The van der Waals surface area contributed by atoms with Gasteiger partial charge in [-0.2, -0.15) is 0 Å². The molecule has 1 N–H and O–H groups in total. The van der Waals surface area contributed by atoms with Crippen molar-refractivity contribution in [3.05, 3.63) is 33.8 Å². The quantitative estimate of drug-likeness (QED) is 0.877. The monoisotopic (exact) mass is 259 g/mol. The lowest BCUT2D eigenvalue weighted by molar-refractivity contribution is 0.0952. The second-order valence-corrected chi connectivity index (χ2v) is 4.82. The molecule has 1 rings (SSSR count). The van der Waals surface area contributed by atoms with Crippen molar-refractivity contribution in [2.75, 3.05) is 6.54 Å². The standard InChI is InChI=1S/C12H15Cl2NO/c1-8(2)6-7-15-12(16)9-4-3-5-10(13)11(9)14/h3-5,8H,6-7H2,1-2H3,(H,15,16). The second kappa shape index (κ2) is 6.12. The topological polar surface area (TPSA) is 29.1 Å². The summed E-state index contributed by atoms with van der Waals surface area (Å²) >= 11 is 11.8. The Balaban J connectivity index is 2.63. The van der Waals surface area contributed by atoms with Gasteiger partial charge in [0.05, 0.1) is 15.6 Å². The Morgan fingerprint density at radius 3 is 2.69 bits per heavy atom. The van der Waals surface area contributed by atoms with E-state index in [4.69, 9.17) is 23.2 Å². The molecule has 0 unspecified atom stereocenters. The van der Waals surface area contributed by atoms with Gasteiger partial charge in [-0.15, -0.1) is 0 Å². The molecule has 1 aromatic rings. The smallest absolute Gasteiger partial charge is 0.252 e. The molecule has 0 aliphatic rings. The third-order valence-corrected chi connectivity index (χ3v) is 3.02. The number of halogens is 2. The van der Waals surface area contributed by atoms with Gasteiger partial charge in [0.1, 0.15) is 0 Å². The van der Waals surface area contributed by atoms with Gasteiger partial charge in [0.25, 0.3) is 5.91 Å². The highest BCUT2D eigenvalue weighted by atomic mass is 35.5. The Hall–Kier alpha value is -0.730. The zero-order chi connectivity index (χ0) is 12.1. The summed E-state index contributed by atoms with van der Waals surface area (Å²) in [6, 6.07) is 5.04. The molecular formula is C12H15Cl2NO. The summed E-state index contributed by atoms with van der Waals surface area (Å²) < 4.78 is 0. The van der Waals surface area contributed by atoms with E-state index in [0.717, 1.165) is 6.42 Å². The predicted octanol–water partition coefficient (Wildman–Crippen LogP) is 3.77. The minimum atomic E-state index is -0.173. The van der Waals surface area contributed by atoms with Crippen LogP contribution in [0.15, 0.2) is 18.2 Å². The van der Waals surface area contributed by atoms with Crippen molar-refractivity contribution < 1.29 is 4.79 Å². The van der Waals surface area contributed by atoms with Crippen molar-refractivity contribution in [2.45, 2.75) is 20.3 Å². The molecule has 1 amide bonds. The summed E-state index contributed by atoms with van der Waals surface area (Å²) in [6.45, 7) is 4.87. The summed E-state index contributed by atoms with van der Waals surface area (Å²) in [4.78, 5) is 11.7. The van der Waals surface area contributed by atoms with Gasteiger partial charge in [-0.3, -0.25) is 4.79 Å². The highest BCUT2D eigenvalue weighted by Crippen LogP contribution is 2.25. The zero-order valence-corrected chi connectivity index (χ0v) is 10.9. The highest BCUT2D eigenvalue weighted by Gasteiger charge is 2.11. The second-order valence-electron chi connectivity index (χ2n) is 4.04. The molecule has 0 spiro atoms.